The normalized spacial score (nSPS) is 17.7. The number of rotatable bonds is 3. The molecule has 0 N–H and O–H groups in total. The second kappa shape index (κ2) is 9.12. The number of amidine groups is 1. The van der Waals surface area contributed by atoms with Crippen LogP contribution in [-0.2, 0) is 4.79 Å². The monoisotopic (exact) mass is 477 g/mol. The molecule has 1 amide bonds. The van der Waals surface area contributed by atoms with Crippen molar-refractivity contribution in [2.75, 3.05) is 31.1 Å². The van der Waals surface area contributed by atoms with Gasteiger partial charge in [-0.15, -0.1) is 0 Å². The molecule has 0 spiro atoms. The summed E-state index contributed by atoms with van der Waals surface area (Å²) in [5, 5.41) is 1.55. The minimum absolute atomic E-state index is 0.212. The Morgan fingerprint density at radius 1 is 0.970 bits per heavy atom. The zero-order valence-electron chi connectivity index (χ0n) is 18.5. The van der Waals surface area contributed by atoms with Crippen LogP contribution in [0.15, 0.2) is 68.9 Å². The summed E-state index contributed by atoms with van der Waals surface area (Å²) in [5.41, 5.74) is 4.43. The van der Waals surface area contributed by atoms with Crippen LogP contribution in [0, 0.1) is 13.8 Å². The van der Waals surface area contributed by atoms with Gasteiger partial charge >= 0.3 is 0 Å². The number of amides is 1. The Kier molecular flexibility index (Phi) is 6.04. The smallest absolute Gasteiger partial charge is 0.286 e. The van der Waals surface area contributed by atoms with Crippen molar-refractivity contribution in [1.82, 2.24) is 4.90 Å². The van der Waals surface area contributed by atoms with Gasteiger partial charge in [-0.25, -0.2) is 0 Å². The van der Waals surface area contributed by atoms with E-state index in [1.807, 2.05) is 37.3 Å². The van der Waals surface area contributed by atoms with Gasteiger partial charge in [0, 0.05) is 48.5 Å². The third kappa shape index (κ3) is 4.72. The molecule has 2 aromatic carbocycles. The number of benzene rings is 2. The van der Waals surface area contributed by atoms with Gasteiger partial charge < -0.3 is 14.2 Å². The highest BCUT2D eigenvalue weighted by Gasteiger charge is 2.29. The summed E-state index contributed by atoms with van der Waals surface area (Å²) in [6.07, 6.45) is 1.78. The van der Waals surface area contributed by atoms with Gasteiger partial charge in [-0.2, -0.15) is 4.99 Å². The van der Waals surface area contributed by atoms with E-state index >= 15 is 0 Å². The van der Waals surface area contributed by atoms with E-state index in [1.54, 1.807) is 6.08 Å². The van der Waals surface area contributed by atoms with E-state index in [2.05, 4.69) is 46.0 Å². The fourth-order valence-electron chi connectivity index (χ4n) is 3.90. The van der Waals surface area contributed by atoms with Crippen LogP contribution in [0.4, 0.5) is 5.69 Å². The quantitative estimate of drug-likeness (QED) is 0.432. The summed E-state index contributed by atoms with van der Waals surface area (Å²) in [5.74, 6) is 1.22. The molecule has 0 aliphatic carbocycles. The van der Waals surface area contributed by atoms with E-state index in [1.165, 1.54) is 17.3 Å². The number of nitrogens with zero attached hydrogens (tertiary/aromatic N) is 3. The van der Waals surface area contributed by atoms with E-state index in [0.717, 1.165) is 58.9 Å². The molecule has 1 aromatic heterocycles. The summed E-state index contributed by atoms with van der Waals surface area (Å²) in [7, 11) is 0. The van der Waals surface area contributed by atoms with Crippen molar-refractivity contribution >= 4 is 46.2 Å². The van der Waals surface area contributed by atoms with Crippen LogP contribution in [-0.4, -0.2) is 42.2 Å². The van der Waals surface area contributed by atoms with Gasteiger partial charge in [-0.05, 0) is 55.4 Å². The fraction of sp³-hybridized carbons (Fsp3) is 0.231. The van der Waals surface area contributed by atoms with Crippen molar-refractivity contribution in [2.24, 2.45) is 4.99 Å². The Morgan fingerprint density at radius 3 is 2.42 bits per heavy atom. The molecular formula is C26H24ClN3O2S. The van der Waals surface area contributed by atoms with Gasteiger partial charge in [-0.3, -0.25) is 4.79 Å². The van der Waals surface area contributed by atoms with Crippen LogP contribution in [0.25, 0.3) is 17.4 Å². The van der Waals surface area contributed by atoms with Gasteiger partial charge in [0.15, 0.2) is 5.17 Å². The van der Waals surface area contributed by atoms with Gasteiger partial charge in [0.05, 0.1) is 4.91 Å². The third-order valence-electron chi connectivity index (χ3n) is 5.92. The molecule has 2 aliphatic heterocycles. The Balaban J connectivity index is 1.23. The number of hydrogen-bond donors (Lipinski definition) is 0. The highest BCUT2D eigenvalue weighted by molar-refractivity contribution is 8.18. The van der Waals surface area contributed by atoms with E-state index in [0.29, 0.717) is 10.7 Å². The van der Waals surface area contributed by atoms with Crippen LogP contribution >= 0.6 is 23.4 Å². The number of aryl methyl sites for hydroxylation is 2. The van der Waals surface area contributed by atoms with Crippen molar-refractivity contribution < 1.29 is 9.21 Å². The number of thioether (sulfide) groups is 1. The summed E-state index contributed by atoms with van der Waals surface area (Å²) >= 11 is 7.71. The number of halogens is 1. The molecular weight excluding hydrogens is 454 g/mol. The molecule has 0 radical (unpaired) electrons. The molecule has 5 nitrogen and oxygen atoms in total. The Morgan fingerprint density at radius 2 is 1.70 bits per heavy atom. The highest BCUT2D eigenvalue weighted by Crippen LogP contribution is 2.33. The maximum Gasteiger partial charge on any atom is 0.286 e. The molecule has 7 heteroatoms. The number of carbonyl (C=O) groups is 1. The van der Waals surface area contributed by atoms with Gasteiger partial charge in [-0.1, -0.05) is 47.5 Å². The Bertz CT molecular complexity index is 1250. The topological polar surface area (TPSA) is 49.0 Å². The van der Waals surface area contributed by atoms with Crippen LogP contribution in [0.1, 0.15) is 16.9 Å². The molecule has 1 saturated heterocycles. The lowest BCUT2D eigenvalue weighted by Crippen LogP contribution is -2.47. The van der Waals surface area contributed by atoms with Crippen molar-refractivity contribution in [2.45, 2.75) is 13.8 Å². The largest absolute Gasteiger partial charge is 0.457 e. The third-order valence-corrected chi connectivity index (χ3v) is 7.37. The zero-order valence-corrected chi connectivity index (χ0v) is 20.1. The second-order valence-corrected chi connectivity index (χ2v) is 9.70. The number of piperazine rings is 1. The van der Waals surface area contributed by atoms with Crippen molar-refractivity contribution in [3.8, 4) is 11.3 Å². The zero-order chi connectivity index (χ0) is 22.9. The van der Waals surface area contributed by atoms with Gasteiger partial charge in [0.2, 0.25) is 0 Å². The lowest BCUT2D eigenvalue weighted by Gasteiger charge is -2.36. The van der Waals surface area contributed by atoms with Crippen LogP contribution in [0.3, 0.4) is 0 Å². The van der Waals surface area contributed by atoms with E-state index in [9.17, 15) is 4.79 Å². The molecule has 2 aliphatic rings. The number of carbonyl (C=O) groups excluding carboxylic acids is 1. The van der Waals surface area contributed by atoms with Gasteiger partial charge in [0.1, 0.15) is 11.5 Å². The molecule has 0 atom stereocenters. The number of aliphatic imine (C=N–C) groups is 1. The minimum Gasteiger partial charge on any atom is -0.457 e. The Hall–Kier alpha value is -2.96. The predicted octanol–water partition coefficient (Wildman–Crippen LogP) is 6.01. The molecule has 0 unspecified atom stereocenters. The van der Waals surface area contributed by atoms with E-state index < -0.39 is 0 Å². The van der Waals surface area contributed by atoms with Gasteiger partial charge in [0.25, 0.3) is 5.91 Å². The van der Waals surface area contributed by atoms with Crippen molar-refractivity contribution in [3.63, 3.8) is 0 Å². The molecule has 33 heavy (non-hydrogen) atoms. The summed E-state index contributed by atoms with van der Waals surface area (Å²) in [6, 6.07) is 18.2. The maximum absolute atomic E-state index is 12.5. The maximum atomic E-state index is 12.5. The first-order valence-electron chi connectivity index (χ1n) is 10.9. The number of hydrogen-bond acceptors (Lipinski definition) is 5. The Labute approximate surface area is 202 Å². The summed E-state index contributed by atoms with van der Waals surface area (Å²) in [4.78, 5) is 21.9. The number of anilines is 1. The predicted molar refractivity (Wildman–Crippen MR) is 137 cm³/mol. The summed E-state index contributed by atoms with van der Waals surface area (Å²) in [6.45, 7) is 7.37. The molecule has 3 aromatic rings. The number of furan rings is 1. The lowest BCUT2D eigenvalue weighted by atomic mass is 10.1. The molecule has 168 valence electrons. The first-order valence-corrected chi connectivity index (χ1v) is 12.1. The van der Waals surface area contributed by atoms with Crippen molar-refractivity contribution in [1.29, 1.82) is 0 Å². The van der Waals surface area contributed by atoms with Crippen LogP contribution in [0.5, 0.6) is 0 Å². The SMILES string of the molecule is Cc1ccc(-c2ccc(/C=C3\SC(N4CCN(c5ccc(C)c(Cl)c5)CC4)=NC3=O)o2)cc1. The first-order chi connectivity index (χ1) is 16.0. The first kappa shape index (κ1) is 21.9. The second-order valence-electron chi connectivity index (χ2n) is 8.29. The average Bonchev–Trinajstić information content (AvgIpc) is 3.43. The fourth-order valence-corrected chi connectivity index (χ4v) is 5.02. The van der Waals surface area contributed by atoms with Crippen LogP contribution < -0.4 is 4.90 Å². The molecule has 3 heterocycles. The molecule has 0 bridgehead atoms. The average molecular weight is 478 g/mol. The standard InChI is InChI=1S/C26H24ClN3O2S/c1-17-3-6-19(7-4-17)23-10-9-21(32-23)16-24-25(31)28-26(33-24)30-13-11-29(12-14-30)20-8-5-18(2)22(27)15-20/h3-10,15-16H,11-14H2,1-2H3/b24-16-. The molecule has 5 rings (SSSR count). The lowest BCUT2D eigenvalue weighted by molar-refractivity contribution is -0.113. The minimum atomic E-state index is -0.212. The highest BCUT2D eigenvalue weighted by atomic mass is 35.5. The van der Waals surface area contributed by atoms with Crippen molar-refractivity contribution in [3.05, 3.63) is 81.4 Å². The van der Waals surface area contributed by atoms with E-state index in [-0.39, 0.29) is 5.91 Å². The summed E-state index contributed by atoms with van der Waals surface area (Å²) < 4.78 is 5.96. The molecule has 1 fully saturated rings. The molecule has 0 saturated carbocycles. The van der Waals surface area contributed by atoms with E-state index in [4.69, 9.17) is 16.0 Å². The van der Waals surface area contributed by atoms with Crippen LogP contribution in [0.2, 0.25) is 5.02 Å².